The van der Waals surface area contributed by atoms with Gasteiger partial charge in [0.1, 0.15) is 0 Å². The maximum absolute atomic E-state index is 11.0. The number of oxime groups is 1. The van der Waals surface area contributed by atoms with E-state index in [0.29, 0.717) is 13.0 Å². The normalized spacial score (nSPS) is 21.5. The third-order valence-electron chi connectivity index (χ3n) is 1.45. The van der Waals surface area contributed by atoms with Gasteiger partial charge in [-0.25, -0.2) is 4.79 Å². The standard InChI is InChI=1S/C7H11NO4/c1-2-11-7(10)6-3-5(4-9)12-8-6/h5,9H,2-4H2,1H3. The molecule has 0 saturated heterocycles. The van der Waals surface area contributed by atoms with Gasteiger partial charge in [-0.2, -0.15) is 0 Å². The zero-order valence-electron chi connectivity index (χ0n) is 6.82. The summed E-state index contributed by atoms with van der Waals surface area (Å²) in [6, 6.07) is 0. The molecule has 12 heavy (non-hydrogen) atoms. The maximum atomic E-state index is 11.0. The average Bonchev–Trinajstić information content (AvgIpc) is 2.52. The van der Waals surface area contributed by atoms with E-state index in [9.17, 15) is 4.79 Å². The summed E-state index contributed by atoms with van der Waals surface area (Å²) in [6.45, 7) is 1.91. The Morgan fingerprint density at radius 3 is 3.17 bits per heavy atom. The van der Waals surface area contributed by atoms with Gasteiger partial charge in [-0.05, 0) is 6.92 Å². The number of rotatable bonds is 3. The van der Waals surface area contributed by atoms with Crippen molar-refractivity contribution >= 4 is 11.7 Å². The lowest BCUT2D eigenvalue weighted by molar-refractivity contribution is -0.135. The van der Waals surface area contributed by atoms with Gasteiger partial charge in [-0.3, -0.25) is 0 Å². The molecule has 1 atom stereocenters. The van der Waals surface area contributed by atoms with Crippen LogP contribution in [0.3, 0.4) is 0 Å². The van der Waals surface area contributed by atoms with Crippen LogP contribution in [0.5, 0.6) is 0 Å². The minimum atomic E-state index is -0.464. The summed E-state index contributed by atoms with van der Waals surface area (Å²) < 4.78 is 4.69. The van der Waals surface area contributed by atoms with E-state index in [1.165, 1.54) is 0 Å². The molecule has 5 nitrogen and oxygen atoms in total. The third kappa shape index (κ3) is 1.94. The predicted octanol–water partition coefficient (Wildman–Crippen LogP) is -0.313. The molecule has 0 aromatic heterocycles. The van der Waals surface area contributed by atoms with E-state index in [0.717, 1.165) is 0 Å². The molecule has 1 unspecified atom stereocenters. The fourth-order valence-corrected chi connectivity index (χ4v) is 0.861. The summed E-state index contributed by atoms with van der Waals surface area (Å²) in [5, 5.41) is 12.1. The molecule has 0 amide bonds. The number of hydrogen-bond acceptors (Lipinski definition) is 5. The molecular formula is C7H11NO4. The van der Waals surface area contributed by atoms with Crippen LogP contribution in [0, 0.1) is 0 Å². The van der Waals surface area contributed by atoms with Gasteiger partial charge in [-0.1, -0.05) is 5.16 Å². The minimum absolute atomic E-state index is 0.133. The Morgan fingerprint density at radius 2 is 2.67 bits per heavy atom. The topological polar surface area (TPSA) is 68.1 Å². The Balaban J connectivity index is 2.40. The van der Waals surface area contributed by atoms with Crippen LogP contribution in [-0.4, -0.2) is 36.1 Å². The van der Waals surface area contributed by atoms with Gasteiger partial charge in [0, 0.05) is 6.42 Å². The largest absolute Gasteiger partial charge is 0.461 e. The van der Waals surface area contributed by atoms with Gasteiger partial charge in [0.15, 0.2) is 11.8 Å². The molecule has 5 heteroatoms. The third-order valence-corrected chi connectivity index (χ3v) is 1.45. The second-order valence-corrected chi connectivity index (χ2v) is 2.37. The van der Waals surface area contributed by atoms with Crippen molar-refractivity contribution in [2.45, 2.75) is 19.4 Å². The highest BCUT2D eigenvalue weighted by Crippen LogP contribution is 2.10. The Labute approximate surface area is 70.0 Å². The van der Waals surface area contributed by atoms with Crippen molar-refractivity contribution in [1.29, 1.82) is 0 Å². The number of ether oxygens (including phenoxy) is 1. The van der Waals surface area contributed by atoms with Crippen LogP contribution in [0.2, 0.25) is 0 Å². The molecule has 0 bridgehead atoms. The highest BCUT2D eigenvalue weighted by molar-refractivity contribution is 6.36. The Kier molecular flexibility index (Phi) is 3.04. The van der Waals surface area contributed by atoms with E-state index in [1.807, 2.05) is 0 Å². The molecule has 1 N–H and O–H groups in total. The van der Waals surface area contributed by atoms with Crippen molar-refractivity contribution in [3.05, 3.63) is 0 Å². The summed E-state index contributed by atoms with van der Waals surface area (Å²) in [4.78, 5) is 15.7. The Morgan fingerprint density at radius 1 is 1.92 bits per heavy atom. The van der Waals surface area contributed by atoms with Gasteiger partial charge < -0.3 is 14.7 Å². The molecule has 1 heterocycles. The van der Waals surface area contributed by atoms with E-state index in [4.69, 9.17) is 9.94 Å². The van der Waals surface area contributed by atoms with Crippen molar-refractivity contribution in [3.63, 3.8) is 0 Å². The first-order valence-electron chi connectivity index (χ1n) is 3.78. The summed E-state index contributed by atoms with van der Waals surface area (Å²) in [5.74, 6) is -0.464. The molecule has 0 aliphatic carbocycles. The first kappa shape index (κ1) is 8.99. The maximum Gasteiger partial charge on any atom is 0.356 e. The van der Waals surface area contributed by atoms with E-state index >= 15 is 0 Å². The molecule has 0 aromatic rings. The van der Waals surface area contributed by atoms with Crippen molar-refractivity contribution < 1.29 is 19.5 Å². The lowest BCUT2D eigenvalue weighted by Gasteiger charge is -2.00. The SMILES string of the molecule is CCOC(=O)C1=NOC(CO)C1. The summed E-state index contributed by atoms with van der Waals surface area (Å²) in [7, 11) is 0. The fraction of sp³-hybridized carbons (Fsp3) is 0.714. The molecular weight excluding hydrogens is 162 g/mol. The highest BCUT2D eigenvalue weighted by Gasteiger charge is 2.26. The number of hydrogen-bond donors (Lipinski definition) is 1. The first-order valence-corrected chi connectivity index (χ1v) is 3.78. The molecule has 1 aliphatic rings. The molecule has 0 fully saturated rings. The van der Waals surface area contributed by atoms with Crippen LogP contribution in [0.1, 0.15) is 13.3 Å². The second-order valence-electron chi connectivity index (χ2n) is 2.37. The van der Waals surface area contributed by atoms with Gasteiger partial charge in [-0.15, -0.1) is 0 Å². The zero-order chi connectivity index (χ0) is 8.97. The van der Waals surface area contributed by atoms with Crippen molar-refractivity contribution in [2.75, 3.05) is 13.2 Å². The van der Waals surface area contributed by atoms with Gasteiger partial charge >= 0.3 is 5.97 Å². The number of carbonyl (C=O) groups excluding carboxylic acids is 1. The predicted molar refractivity (Wildman–Crippen MR) is 40.6 cm³/mol. The number of aliphatic hydroxyl groups is 1. The number of carbonyl (C=O) groups is 1. The molecule has 0 radical (unpaired) electrons. The van der Waals surface area contributed by atoms with E-state index in [-0.39, 0.29) is 18.4 Å². The van der Waals surface area contributed by atoms with Gasteiger partial charge in [0.25, 0.3) is 0 Å². The fourth-order valence-electron chi connectivity index (χ4n) is 0.861. The second kappa shape index (κ2) is 4.06. The molecule has 1 aliphatic heterocycles. The minimum Gasteiger partial charge on any atom is -0.461 e. The van der Waals surface area contributed by atoms with E-state index in [2.05, 4.69) is 9.89 Å². The molecule has 1 rings (SSSR count). The van der Waals surface area contributed by atoms with Gasteiger partial charge in [0.05, 0.1) is 13.2 Å². The molecule has 0 aromatic carbocycles. The number of aliphatic hydroxyl groups excluding tert-OH is 1. The van der Waals surface area contributed by atoms with Crippen LogP contribution < -0.4 is 0 Å². The monoisotopic (exact) mass is 173 g/mol. The molecule has 0 saturated carbocycles. The smallest absolute Gasteiger partial charge is 0.356 e. The summed E-state index contributed by atoms with van der Waals surface area (Å²) in [5.41, 5.74) is 0.246. The van der Waals surface area contributed by atoms with Crippen LogP contribution in [-0.2, 0) is 14.4 Å². The summed E-state index contributed by atoms with van der Waals surface area (Å²) >= 11 is 0. The van der Waals surface area contributed by atoms with Crippen molar-refractivity contribution in [1.82, 2.24) is 0 Å². The Hall–Kier alpha value is -1.10. The average molecular weight is 173 g/mol. The van der Waals surface area contributed by atoms with Crippen molar-refractivity contribution in [3.8, 4) is 0 Å². The lowest BCUT2D eigenvalue weighted by atomic mass is 10.2. The quantitative estimate of drug-likeness (QED) is 0.594. The van der Waals surface area contributed by atoms with Crippen LogP contribution in [0.15, 0.2) is 5.16 Å². The van der Waals surface area contributed by atoms with E-state index < -0.39 is 5.97 Å². The molecule has 0 spiro atoms. The zero-order valence-corrected chi connectivity index (χ0v) is 6.82. The number of nitrogens with zero attached hydrogens (tertiary/aromatic N) is 1. The van der Waals surface area contributed by atoms with Gasteiger partial charge in [0.2, 0.25) is 0 Å². The van der Waals surface area contributed by atoms with Crippen molar-refractivity contribution in [2.24, 2.45) is 5.16 Å². The van der Waals surface area contributed by atoms with Crippen LogP contribution >= 0.6 is 0 Å². The lowest BCUT2D eigenvalue weighted by Crippen LogP contribution is -2.19. The van der Waals surface area contributed by atoms with Crippen LogP contribution in [0.4, 0.5) is 0 Å². The van der Waals surface area contributed by atoms with E-state index in [1.54, 1.807) is 6.92 Å². The first-order chi connectivity index (χ1) is 5.77. The number of esters is 1. The van der Waals surface area contributed by atoms with Crippen LogP contribution in [0.25, 0.3) is 0 Å². The highest BCUT2D eigenvalue weighted by atomic mass is 16.7. The Bertz CT molecular complexity index is 202. The summed E-state index contributed by atoms with van der Waals surface area (Å²) in [6.07, 6.45) is -0.0561. The molecule has 68 valence electrons.